The Labute approximate surface area is 106 Å². The number of amides is 1. The molecule has 100 valence electrons. The summed E-state index contributed by atoms with van der Waals surface area (Å²) in [5.74, 6) is -6.69. The average molecular weight is 284 g/mol. The summed E-state index contributed by atoms with van der Waals surface area (Å²) in [6.07, 6.45) is -4.03. The molecule has 1 amide bonds. The van der Waals surface area contributed by atoms with Crippen LogP contribution in [0, 0.1) is 0 Å². The van der Waals surface area contributed by atoms with E-state index in [1.807, 2.05) is 5.32 Å². The number of benzene rings is 1. The SMILES string of the molecule is C[C@@H](NC(=O)C(F)(F)C(F)F)c1ccc(Cl)cc1. The van der Waals surface area contributed by atoms with Crippen molar-refractivity contribution in [3.05, 3.63) is 34.9 Å². The second kappa shape index (κ2) is 5.56. The number of carbonyl (C=O) groups is 1. The van der Waals surface area contributed by atoms with Crippen molar-refractivity contribution in [3.8, 4) is 0 Å². The van der Waals surface area contributed by atoms with E-state index < -0.39 is 24.3 Å². The Balaban J connectivity index is 2.73. The van der Waals surface area contributed by atoms with E-state index in [1.54, 1.807) is 0 Å². The van der Waals surface area contributed by atoms with Crippen molar-refractivity contribution in [3.63, 3.8) is 0 Å². The summed E-state index contributed by atoms with van der Waals surface area (Å²) in [7, 11) is 0. The maximum Gasteiger partial charge on any atom is 0.383 e. The minimum absolute atomic E-state index is 0.440. The van der Waals surface area contributed by atoms with Gasteiger partial charge in [0.05, 0.1) is 6.04 Å². The van der Waals surface area contributed by atoms with Gasteiger partial charge in [-0.1, -0.05) is 23.7 Å². The van der Waals surface area contributed by atoms with E-state index in [-0.39, 0.29) is 0 Å². The molecule has 0 spiro atoms. The van der Waals surface area contributed by atoms with Crippen LogP contribution in [-0.4, -0.2) is 18.3 Å². The minimum Gasteiger partial charge on any atom is -0.344 e. The van der Waals surface area contributed by atoms with Crippen LogP contribution in [0.2, 0.25) is 5.02 Å². The van der Waals surface area contributed by atoms with Crippen LogP contribution in [0.25, 0.3) is 0 Å². The Hall–Kier alpha value is -1.30. The van der Waals surface area contributed by atoms with E-state index in [4.69, 9.17) is 11.6 Å². The zero-order valence-corrected chi connectivity index (χ0v) is 10.0. The topological polar surface area (TPSA) is 29.1 Å². The van der Waals surface area contributed by atoms with E-state index in [2.05, 4.69) is 0 Å². The molecule has 18 heavy (non-hydrogen) atoms. The van der Waals surface area contributed by atoms with E-state index in [1.165, 1.54) is 31.2 Å². The molecule has 1 aromatic carbocycles. The first-order valence-corrected chi connectivity index (χ1v) is 5.35. The third-order valence-corrected chi connectivity index (χ3v) is 2.55. The second-order valence-corrected chi connectivity index (χ2v) is 4.11. The fourth-order valence-corrected chi connectivity index (χ4v) is 1.35. The Morgan fingerprint density at radius 2 is 1.78 bits per heavy atom. The molecule has 1 rings (SSSR count). The van der Waals surface area contributed by atoms with Crippen molar-refractivity contribution in [1.82, 2.24) is 5.32 Å². The number of hydrogen-bond donors (Lipinski definition) is 1. The summed E-state index contributed by atoms with van der Waals surface area (Å²) in [6, 6.07) is 5.20. The molecule has 0 aliphatic rings. The van der Waals surface area contributed by atoms with Crippen LogP contribution in [0.4, 0.5) is 17.6 Å². The first-order chi connectivity index (χ1) is 8.25. The molecule has 2 nitrogen and oxygen atoms in total. The van der Waals surface area contributed by atoms with Gasteiger partial charge in [0, 0.05) is 5.02 Å². The van der Waals surface area contributed by atoms with Crippen LogP contribution in [0.5, 0.6) is 0 Å². The summed E-state index contributed by atoms with van der Waals surface area (Å²) in [6.45, 7) is 1.41. The molecule has 0 aliphatic carbocycles. The molecule has 1 aromatic rings. The fraction of sp³-hybridized carbons (Fsp3) is 0.364. The van der Waals surface area contributed by atoms with Gasteiger partial charge in [0.2, 0.25) is 0 Å². The number of rotatable bonds is 4. The smallest absolute Gasteiger partial charge is 0.344 e. The van der Waals surface area contributed by atoms with Gasteiger partial charge in [-0.05, 0) is 24.6 Å². The molecular weight excluding hydrogens is 274 g/mol. The quantitative estimate of drug-likeness (QED) is 0.843. The Morgan fingerprint density at radius 3 is 2.22 bits per heavy atom. The largest absolute Gasteiger partial charge is 0.383 e. The van der Waals surface area contributed by atoms with Crippen molar-refractivity contribution in [2.75, 3.05) is 0 Å². The third kappa shape index (κ3) is 3.35. The Bertz CT molecular complexity index is 422. The molecule has 1 N–H and O–H groups in total. The molecule has 0 saturated heterocycles. The van der Waals surface area contributed by atoms with Gasteiger partial charge in [0.15, 0.2) is 0 Å². The van der Waals surface area contributed by atoms with Gasteiger partial charge < -0.3 is 5.32 Å². The average Bonchev–Trinajstić information content (AvgIpc) is 2.29. The van der Waals surface area contributed by atoms with Gasteiger partial charge >= 0.3 is 12.3 Å². The van der Waals surface area contributed by atoms with Gasteiger partial charge in [-0.25, -0.2) is 8.78 Å². The number of carbonyl (C=O) groups excluding carboxylic acids is 1. The van der Waals surface area contributed by atoms with Crippen molar-refractivity contribution in [2.45, 2.75) is 25.3 Å². The highest BCUT2D eigenvalue weighted by Gasteiger charge is 2.49. The molecular formula is C11H10ClF4NO. The van der Waals surface area contributed by atoms with Crippen LogP contribution in [-0.2, 0) is 4.79 Å². The van der Waals surface area contributed by atoms with Crippen molar-refractivity contribution < 1.29 is 22.4 Å². The van der Waals surface area contributed by atoms with Gasteiger partial charge in [0.1, 0.15) is 0 Å². The van der Waals surface area contributed by atoms with Crippen molar-refractivity contribution in [2.24, 2.45) is 0 Å². The molecule has 0 aromatic heterocycles. The minimum atomic E-state index is -4.69. The van der Waals surface area contributed by atoms with Crippen LogP contribution in [0.1, 0.15) is 18.5 Å². The van der Waals surface area contributed by atoms with E-state index in [9.17, 15) is 22.4 Å². The van der Waals surface area contributed by atoms with Crippen LogP contribution < -0.4 is 5.32 Å². The molecule has 0 saturated carbocycles. The van der Waals surface area contributed by atoms with Gasteiger partial charge in [-0.3, -0.25) is 4.79 Å². The molecule has 0 bridgehead atoms. The molecule has 0 radical (unpaired) electrons. The van der Waals surface area contributed by atoms with Gasteiger partial charge in [0.25, 0.3) is 5.91 Å². The Morgan fingerprint density at radius 1 is 1.28 bits per heavy atom. The van der Waals surface area contributed by atoms with Crippen LogP contribution in [0.15, 0.2) is 24.3 Å². The summed E-state index contributed by atoms with van der Waals surface area (Å²) in [5, 5.41) is 2.27. The zero-order chi connectivity index (χ0) is 13.9. The number of hydrogen-bond acceptors (Lipinski definition) is 1. The highest BCUT2D eigenvalue weighted by Crippen LogP contribution is 2.24. The van der Waals surface area contributed by atoms with Gasteiger partial charge in [-0.15, -0.1) is 0 Å². The van der Waals surface area contributed by atoms with Crippen LogP contribution >= 0.6 is 11.6 Å². The number of halogens is 5. The highest BCUT2D eigenvalue weighted by atomic mass is 35.5. The Kier molecular flexibility index (Phi) is 4.56. The van der Waals surface area contributed by atoms with E-state index in [0.717, 1.165) is 0 Å². The maximum absolute atomic E-state index is 12.7. The lowest BCUT2D eigenvalue weighted by Crippen LogP contribution is -2.45. The monoisotopic (exact) mass is 283 g/mol. The predicted octanol–water partition coefficient (Wildman–Crippen LogP) is 3.42. The van der Waals surface area contributed by atoms with E-state index >= 15 is 0 Å². The fourth-order valence-electron chi connectivity index (χ4n) is 1.23. The standard InChI is InChI=1S/C11H10ClF4NO/c1-6(7-2-4-8(12)5-3-7)17-10(18)11(15,16)9(13)14/h2-6,9H,1H3,(H,17,18)/t6-/m1/s1. The lowest BCUT2D eigenvalue weighted by atomic mass is 10.1. The summed E-state index contributed by atoms with van der Waals surface area (Å²) in [5.41, 5.74) is 0.484. The lowest BCUT2D eigenvalue weighted by molar-refractivity contribution is -0.170. The second-order valence-electron chi connectivity index (χ2n) is 3.67. The summed E-state index contributed by atoms with van der Waals surface area (Å²) in [4.78, 5) is 11.0. The molecule has 0 unspecified atom stereocenters. The first kappa shape index (κ1) is 14.8. The predicted molar refractivity (Wildman–Crippen MR) is 59.0 cm³/mol. The summed E-state index contributed by atoms with van der Waals surface area (Å²) < 4.78 is 49.3. The van der Waals surface area contributed by atoms with Gasteiger partial charge in [-0.2, -0.15) is 8.78 Å². The third-order valence-electron chi connectivity index (χ3n) is 2.29. The highest BCUT2D eigenvalue weighted by molar-refractivity contribution is 6.30. The normalized spacial score (nSPS) is 13.5. The molecule has 0 aliphatic heterocycles. The number of nitrogens with one attached hydrogen (secondary N) is 1. The zero-order valence-electron chi connectivity index (χ0n) is 9.26. The molecule has 1 atom stereocenters. The molecule has 0 heterocycles. The first-order valence-electron chi connectivity index (χ1n) is 4.97. The summed E-state index contributed by atoms with van der Waals surface area (Å²) >= 11 is 5.63. The van der Waals surface area contributed by atoms with Crippen molar-refractivity contribution >= 4 is 17.5 Å². The molecule has 7 heteroatoms. The van der Waals surface area contributed by atoms with Crippen molar-refractivity contribution in [1.29, 1.82) is 0 Å². The maximum atomic E-state index is 12.7. The molecule has 0 fully saturated rings. The van der Waals surface area contributed by atoms with Crippen LogP contribution in [0.3, 0.4) is 0 Å². The van der Waals surface area contributed by atoms with E-state index in [0.29, 0.717) is 10.6 Å². The lowest BCUT2D eigenvalue weighted by Gasteiger charge is -2.19. The number of alkyl halides is 4.